The lowest BCUT2D eigenvalue weighted by molar-refractivity contribution is 0.461. The molecule has 3 aromatic rings. The maximum atomic E-state index is 5.93. The third-order valence-corrected chi connectivity index (χ3v) is 4.66. The zero-order chi connectivity index (χ0) is 21.2. The van der Waals surface area contributed by atoms with E-state index in [2.05, 4.69) is 52.4 Å². The van der Waals surface area contributed by atoms with E-state index in [0.717, 1.165) is 42.5 Å². The molecule has 6 heteroatoms. The summed E-state index contributed by atoms with van der Waals surface area (Å²) in [5, 5.41) is 6.63. The number of aromatic nitrogens is 2. The summed E-state index contributed by atoms with van der Waals surface area (Å²) in [6.07, 6.45) is 4.41. The van der Waals surface area contributed by atoms with Crippen LogP contribution in [-0.4, -0.2) is 29.0 Å². The summed E-state index contributed by atoms with van der Waals surface area (Å²) in [6.45, 7) is 8.31. The summed E-state index contributed by atoms with van der Waals surface area (Å²) < 4.78 is 5.93. The van der Waals surface area contributed by atoms with E-state index in [-0.39, 0.29) is 0 Å². The van der Waals surface area contributed by atoms with Gasteiger partial charge in [0.15, 0.2) is 5.96 Å². The molecule has 0 atom stereocenters. The minimum Gasteiger partial charge on any atom is -0.439 e. The summed E-state index contributed by atoms with van der Waals surface area (Å²) in [7, 11) is 0. The van der Waals surface area contributed by atoms with Gasteiger partial charge in [0.1, 0.15) is 5.75 Å². The number of rotatable bonds is 8. The Hall–Kier alpha value is -3.41. The average molecular weight is 404 g/mol. The van der Waals surface area contributed by atoms with E-state index in [1.54, 1.807) is 6.20 Å². The molecule has 0 radical (unpaired) electrons. The van der Waals surface area contributed by atoms with Crippen molar-refractivity contribution in [2.24, 2.45) is 4.99 Å². The van der Waals surface area contributed by atoms with Gasteiger partial charge < -0.3 is 15.4 Å². The number of aryl methyl sites for hydroxylation is 2. The topological polar surface area (TPSA) is 71.4 Å². The van der Waals surface area contributed by atoms with Gasteiger partial charge in [0.25, 0.3) is 0 Å². The van der Waals surface area contributed by atoms with Crippen molar-refractivity contribution in [1.29, 1.82) is 0 Å². The Labute approximate surface area is 178 Å². The number of nitrogens with one attached hydrogen (secondary N) is 2. The molecule has 0 aliphatic heterocycles. The molecule has 1 aromatic carbocycles. The van der Waals surface area contributed by atoms with Gasteiger partial charge in [0.05, 0.1) is 6.54 Å². The van der Waals surface area contributed by atoms with Crippen LogP contribution < -0.4 is 15.4 Å². The highest BCUT2D eigenvalue weighted by Crippen LogP contribution is 2.22. The predicted octanol–water partition coefficient (Wildman–Crippen LogP) is 4.18. The standard InChI is InChI=1S/C24H29N5O/c1-4-25-24(28-14-11-21-7-5-6-12-26-21)29-17-20-10-13-27-23(16-20)30-22-9-8-18(2)19(3)15-22/h5-10,12-13,15-16H,4,11,14,17H2,1-3H3,(H2,25,28,29). The SMILES string of the molecule is CCNC(=NCc1ccnc(Oc2ccc(C)c(C)c2)c1)NCCc1ccccn1. The van der Waals surface area contributed by atoms with Crippen LogP contribution in [0.15, 0.2) is 65.9 Å². The molecule has 0 spiro atoms. The molecular formula is C24H29N5O. The quantitative estimate of drug-likeness (QED) is 0.436. The number of nitrogens with zero attached hydrogens (tertiary/aromatic N) is 3. The first-order valence-corrected chi connectivity index (χ1v) is 10.3. The highest BCUT2D eigenvalue weighted by atomic mass is 16.5. The number of guanidine groups is 1. The van der Waals surface area contributed by atoms with Crippen molar-refractivity contribution < 1.29 is 4.74 Å². The fraction of sp³-hybridized carbons (Fsp3) is 0.292. The lowest BCUT2D eigenvalue weighted by Crippen LogP contribution is -2.38. The third-order valence-electron chi connectivity index (χ3n) is 4.66. The van der Waals surface area contributed by atoms with E-state index in [4.69, 9.17) is 4.74 Å². The Bertz CT molecular complexity index is 972. The number of hydrogen-bond acceptors (Lipinski definition) is 4. The van der Waals surface area contributed by atoms with Crippen molar-refractivity contribution in [1.82, 2.24) is 20.6 Å². The predicted molar refractivity (Wildman–Crippen MR) is 121 cm³/mol. The van der Waals surface area contributed by atoms with E-state index >= 15 is 0 Å². The van der Waals surface area contributed by atoms with E-state index in [0.29, 0.717) is 12.4 Å². The van der Waals surface area contributed by atoms with Crippen LogP contribution in [-0.2, 0) is 13.0 Å². The van der Waals surface area contributed by atoms with E-state index < -0.39 is 0 Å². The van der Waals surface area contributed by atoms with Crippen molar-refractivity contribution in [3.63, 3.8) is 0 Å². The molecule has 0 aliphatic carbocycles. The zero-order valence-electron chi connectivity index (χ0n) is 17.9. The van der Waals surface area contributed by atoms with Crippen molar-refractivity contribution in [2.45, 2.75) is 33.7 Å². The first kappa shape index (κ1) is 21.3. The van der Waals surface area contributed by atoms with Gasteiger partial charge in [-0.05, 0) is 67.8 Å². The lowest BCUT2D eigenvalue weighted by atomic mass is 10.1. The van der Waals surface area contributed by atoms with Gasteiger partial charge in [0, 0.05) is 43.7 Å². The first-order chi connectivity index (χ1) is 14.6. The molecule has 2 heterocycles. The van der Waals surface area contributed by atoms with Gasteiger partial charge in [0.2, 0.25) is 5.88 Å². The second-order valence-electron chi connectivity index (χ2n) is 7.04. The molecule has 0 saturated heterocycles. The highest BCUT2D eigenvalue weighted by molar-refractivity contribution is 5.79. The molecule has 0 bridgehead atoms. The number of hydrogen-bond donors (Lipinski definition) is 2. The molecule has 6 nitrogen and oxygen atoms in total. The van der Waals surface area contributed by atoms with Crippen LogP contribution in [0.3, 0.4) is 0 Å². The Kier molecular flexibility index (Phi) is 7.78. The van der Waals surface area contributed by atoms with E-state index in [1.807, 2.05) is 48.7 Å². The van der Waals surface area contributed by atoms with Crippen LogP contribution in [0.25, 0.3) is 0 Å². The molecule has 0 saturated carbocycles. The van der Waals surface area contributed by atoms with Gasteiger partial charge in [-0.2, -0.15) is 0 Å². The summed E-state index contributed by atoms with van der Waals surface area (Å²) in [5.41, 5.74) is 4.53. The van der Waals surface area contributed by atoms with Crippen molar-refractivity contribution in [3.8, 4) is 11.6 Å². The molecule has 0 aliphatic rings. The monoisotopic (exact) mass is 403 g/mol. The minimum atomic E-state index is 0.532. The van der Waals surface area contributed by atoms with Gasteiger partial charge in [-0.3, -0.25) is 4.98 Å². The van der Waals surface area contributed by atoms with Gasteiger partial charge in [-0.25, -0.2) is 9.98 Å². The Morgan fingerprint density at radius 2 is 1.87 bits per heavy atom. The van der Waals surface area contributed by atoms with E-state index in [9.17, 15) is 0 Å². The molecule has 2 aromatic heterocycles. The first-order valence-electron chi connectivity index (χ1n) is 10.3. The lowest BCUT2D eigenvalue weighted by Gasteiger charge is -2.11. The number of aliphatic imine (C=N–C) groups is 1. The van der Waals surface area contributed by atoms with Crippen molar-refractivity contribution >= 4 is 5.96 Å². The Morgan fingerprint density at radius 3 is 2.63 bits per heavy atom. The molecule has 3 rings (SSSR count). The molecular weight excluding hydrogens is 374 g/mol. The largest absolute Gasteiger partial charge is 0.439 e. The smallest absolute Gasteiger partial charge is 0.219 e. The van der Waals surface area contributed by atoms with Crippen LogP contribution in [0.1, 0.15) is 29.3 Å². The van der Waals surface area contributed by atoms with Crippen LogP contribution >= 0.6 is 0 Å². The maximum Gasteiger partial charge on any atom is 0.219 e. The molecule has 30 heavy (non-hydrogen) atoms. The number of pyridine rings is 2. The summed E-state index contributed by atoms with van der Waals surface area (Å²) in [6, 6.07) is 15.9. The second-order valence-corrected chi connectivity index (χ2v) is 7.04. The van der Waals surface area contributed by atoms with E-state index in [1.165, 1.54) is 11.1 Å². The second kappa shape index (κ2) is 11.0. The van der Waals surface area contributed by atoms with Crippen molar-refractivity contribution in [3.05, 3.63) is 83.3 Å². The fourth-order valence-electron chi connectivity index (χ4n) is 2.87. The minimum absolute atomic E-state index is 0.532. The van der Waals surface area contributed by atoms with Crippen molar-refractivity contribution in [2.75, 3.05) is 13.1 Å². The Morgan fingerprint density at radius 1 is 0.967 bits per heavy atom. The van der Waals surface area contributed by atoms with Crippen LogP contribution in [0.4, 0.5) is 0 Å². The van der Waals surface area contributed by atoms with Gasteiger partial charge >= 0.3 is 0 Å². The highest BCUT2D eigenvalue weighted by Gasteiger charge is 2.03. The molecule has 0 amide bonds. The van der Waals surface area contributed by atoms with Gasteiger partial charge in [-0.15, -0.1) is 0 Å². The third kappa shape index (κ3) is 6.58. The number of ether oxygens (including phenoxy) is 1. The molecule has 156 valence electrons. The van der Waals surface area contributed by atoms with Crippen LogP contribution in [0.2, 0.25) is 0 Å². The molecule has 2 N–H and O–H groups in total. The van der Waals surface area contributed by atoms with Crippen LogP contribution in [0.5, 0.6) is 11.6 Å². The van der Waals surface area contributed by atoms with Crippen LogP contribution in [0, 0.1) is 13.8 Å². The fourth-order valence-corrected chi connectivity index (χ4v) is 2.87. The summed E-state index contributed by atoms with van der Waals surface area (Å²) in [4.78, 5) is 13.4. The average Bonchev–Trinajstić information content (AvgIpc) is 2.76. The maximum absolute atomic E-state index is 5.93. The molecule has 0 unspecified atom stereocenters. The number of benzene rings is 1. The summed E-state index contributed by atoms with van der Waals surface area (Å²) >= 11 is 0. The zero-order valence-corrected chi connectivity index (χ0v) is 17.9. The van der Waals surface area contributed by atoms with Gasteiger partial charge in [-0.1, -0.05) is 12.1 Å². The molecule has 0 fully saturated rings. The summed E-state index contributed by atoms with van der Waals surface area (Å²) in [5.74, 6) is 2.14. The Balaban J connectivity index is 1.59. The normalized spacial score (nSPS) is 11.2.